The fourth-order valence-corrected chi connectivity index (χ4v) is 5.48. The lowest BCUT2D eigenvalue weighted by atomic mass is 9.91. The highest BCUT2D eigenvalue weighted by atomic mass is 35.5. The number of hydrogen-bond acceptors (Lipinski definition) is 6. The number of hydrogen-bond donors (Lipinski definition) is 1. The number of thioether (sulfide) groups is 1. The molecule has 0 unspecified atom stereocenters. The summed E-state index contributed by atoms with van der Waals surface area (Å²) in [5.74, 6) is -0.399. The van der Waals surface area contributed by atoms with E-state index in [9.17, 15) is 22.8 Å². The quantitative estimate of drug-likeness (QED) is 0.434. The van der Waals surface area contributed by atoms with E-state index in [0.29, 0.717) is 42.5 Å². The van der Waals surface area contributed by atoms with E-state index >= 15 is 0 Å². The van der Waals surface area contributed by atoms with Gasteiger partial charge in [-0.15, -0.1) is 0 Å². The summed E-state index contributed by atoms with van der Waals surface area (Å²) >= 11 is 6.64. The Hall–Kier alpha value is -2.86. The summed E-state index contributed by atoms with van der Waals surface area (Å²) in [7, 11) is 0. The summed E-state index contributed by atoms with van der Waals surface area (Å²) in [6.07, 6.45) is -0.252. The largest absolute Gasteiger partial charge is 0.416 e. The van der Waals surface area contributed by atoms with E-state index in [4.69, 9.17) is 22.1 Å². The molecule has 2 aliphatic rings. The molecular weight excluding hydrogens is 529 g/mol. The fourth-order valence-electron chi connectivity index (χ4n) is 4.47. The number of fused-ring (bicyclic) bond motifs is 1. The number of nitrogens with two attached hydrogens (primary N) is 1. The van der Waals surface area contributed by atoms with Crippen LogP contribution in [-0.4, -0.2) is 51.1 Å². The van der Waals surface area contributed by atoms with Crippen LogP contribution in [0.15, 0.2) is 47.5 Å². The molecular formula is C25H22ClF3N4O3S. The minimum Gasteiger partial charge on any atom is -0.381 e. The van der Waals surface area contributed by atoms with Crippen molar-refractivity contribution in [1.82, 2.24) is 14.7 Å². The van der Waals surface area contributed by atoms with Crippen molar-refractivity contribution in [3.63, 3.8) is 0 Å². The number of carbonyl (C=O) groups is 2. The van der Waals surface area contributed by atoms with Gasteiger partial charge in [0.2, 0.25) is 0 Å². The average molecular weight is 551 g/mol. The first-order chi connectivity index (χ1) is 17.5. The average Bonchev–Trinajstić information content (AvgIpc) is 3.35. The Labute approximate surface area is 219 Å². The van der Waals surface area contributed by atoms with E-state index in [2.05, 4.69) is 5.10 Å². The van der Waals surface area contributed by atoms with Gasteiger partial charge in [0.25, 0.3) is 11.1 Å². The van der Waals surface area contributed by atoms with Gasteiger partial charge in [0.15, 0.2) is 0 Å². The molecule has 0 saturated carbocycles. The van der Waals surface area contributed by atoms with Crippen molar-refractivity contribution < 1.29 is 27.5 Å². The monoisotopic (exact) mass is 550 g/mol. The molecule has 12 heteroatoms. The van der Waals surface area contributed by atoms with Crippen molar-refractivity contribution in [2.24, 2.45) is 5.73 Å². The van der Waals surface area contributed by atoms with Gasteiger partial charge < -0.3 is 10.5 Å². The molecule has 2 aromatic carbocycles. The number of ether oxygens (including phenoxy) is 1. The number of halogens is 4. The Kier molecular flexibility index (Phi) is 6.82. The molecule has 0 atom stereocenters. The smallest absolute Gasteiger partial charge is 0.381 e. The summed E-state index contributed by atoms with van der Waals surface area (Å²) < 4.78 is 47.3. The van der Waals surface area contributed by atoms with Crippen molar-refractivity contribution in [3.05, 3.63) is 69.2 Å². The molecule has 1 aromatic heterocycles. The van der Waals surface area contributed by atoms with E-state index in [1.807, 2.05) is 0 Å². The van der Waals surface area contributed by atoms with Crippen LogP contribution in [-0.2, 0) is 22.3 Å². The molecule has 0 radical (unpaired) electrons. The second-order valence-corrected chi connectivity index (χ2v) is 10.6. The van der Waals surface area contributed by atoms with E-state index in [1.54, 1.807) is 30.5 Å². The number of aromatic nitrogens is 2. The Morgan fingerprint density at radius 2 is 1.92 bits per heavy atom. The molecule has 2 amide bonds. The minimum atomic E-state index is -4.55. The molecule has 5 rings (SSSR count). The van der Waals surface area contributed by atoms with Crippen LogP contribution in [0.2, 0.25) is 5.02 Å². The number of benzene rings is 2. The maximum Gasteiger partial charge on any atom is 0.416 e. The third-order valence-electron chi connectivity index (χ3n) is 6.50. The molecule has 2 aliphatic heterocycles. The third-order valence-corrected chi connectivity index (χ3v) is 7.64. The summed E-state index contributed by atoms with van der Waals surface area (Å²) in [5.41, 5.74) is 6.24. The Balaban J connectivity index is 1.37. The van der Waals surface area contributed by atoms with Crippen LogP contribution >= 0.6 is 23.4 Å². The zero-order valence-electron chi connectivity index (χ0n) is 19.4. The highest BCUT2D eigenvalue weighted by molar-refractivity contribution is 8.18. The summed E-state index contributed by atoms with van der Waals surface area (Å²) in [4.78, 5) is 27.0. The molecule has 0 aliphatic carbocycles. The zero-order valence-corrected chi connectivity index (χ0v) is 21.0. The second-order valence-electron chi connectivity index (χ2n) is 9.16. The third kappa shape index (κ3) is 5.40. The van der Waals surface area contributed by atoms with Crippen LogP contribution in [0.5, 0.6) is 0 Å². The summed E-state index contributed by atoms with van der Waals surface area (Å²) in [6.45, 7) is 1.02. The topological polar surface area (TPSA) is 90.5 Å². The van der Waals surface area contributed by atoms with Gasteiger partial charge in [-0.25, -0.2) is 0 Å². The zero-order chi connectivity index (χ0) is 26.4. The first-order valence-corrected chi connectivity index (χ1v) is 12.7. The van der Waals surface area contributed by atoms with Gasteiger partial charge in [-0.3, -0.25) is 19.2 Å². The van der Waals surface area contributed by atoms with Crippen molar-refractivity contribution >= 4 is 51.5 Å². The highest BCUT2D eigenvalue weighted by Crippen LogP contribution is 2.36. The number of imide groups is 1. The van der Waals surface area contributed by atoms with Crippen LogP contribution in [0, 0.1) is 0 Å². The molecule has 2 fully saturated rings. The number of rotatable bonds is 5. The van der Waals surface area contributed by atoms with Gasteiger partial charge in [0.1, 0.15) is 0 Å². The lowest BCUT2D eigenvalue weighted by Gasteiger charge is -2.35. The molecule has 7 nitrogen and oxygen atoms in total. The van der Waals surface area contributed by atoms with E-state index in [0.717, 1.165) is 17.8 Å². The van der Waals surface area contributed by atoms with Gasteiger partial charge in [-0.05, 0) is 66.1 Å². The van der Waals surface area contributed by atoms with Gasteiger partial charge in [0.05, 0.1) is 28.7 Å². The molecule has 2 saturated heterocycles. The van der Waals surface area contributed by atoms with Crippen molar-refractivity contribution in [3.8, 4) is 0 Å². The molecule has 37 heavy (non-hydrogen) atoms. The van der Waals surface area contributed by atoms with Crippen LogP contribution in [0.3, 0.4) is 0 Å². The van der Waals surface area contributed by atoms with E-state index in [-0.39, 0.29) is 33.8 Å². The van der Waals surface area contributed by atoms with Crippen LogP contribution in [0.25, 0.3) is 17.0 Å². The number of alkyl halides is 3. The standard InChI is InChI=1S/C25H22ClF3N4O3S/c26-18-3-2-16(19(11-18)25(27,28)29)13-33-20-4-1-15(9-17(20)12-31-33)10-21-22(34)32(23(35)37-21)14-24(30)5-7-36-8-6-24/h1-4,9-12H,5-8,13-14,30H2. The predicted molar refractivity (Wildman–Crippen MR) is 135 cm³/mol. The lowest BCUT2D eigenvalue weighted by Crippen LogP contribution is -2.54. The van der Waals surface area contributed by atoms with Gasteiger partial charge in [-0.2, -0.15) is 18.3 Å². The van der Waals surface area contributed by atoms with Crippen LogP contribution in [0.4, 0.5) is 18.0 Å². The SMILES string of the molecule is NC1(CN2C(=O)SC(=Cc3ccc4c(cnn4Cc4ccc(Cl)cc4C(F)(F)F)c3)C2=O)CCOCC1. The second kappa shape index (κ2) is 9.79. The fraction of sp³-hybridized carbons (Fsp3) is 0.320. The molecule has 3 heterocycles. The predicted octanol–water partition coefficient (Wildman–Crippen LogP) is 5.30. The Morgan fingerprint density at radius 3 is 2.65 bits per heavy atom. The molecule has 2 N–H and O–H groups in total. The van der Waals surface area contributed by atoms with E-state index in [1.165, 1.54) is 21.7 Å². The first-order valence-electron chi connectivity index (χ1n) is 11.5. The molecule has 0 bridgehead atoms. The molecule has 3 aromatic rings. The molecule has 0 spiro atoms. The summed E-state index contributed by atoms with van der Waals surface area (Å²) in [6, 6.07) is 8.87. The number of carbonyl (C=O) groups excluding carboxylic acids is 2. The van der Waals surface area contributed by atoms with Gasteiger partial charge >= 0.3 is 6.18 Å². The van der Waals surface area contributed by atoms with Gasteiger partial charge in [0, 0.05) is 35.7 Å². The normalized spacial score (nSPS) is 19.4. The minimum absolute atomic E-state index is 0.00448. The van der Waals surface area contributed by atoms with Crippen molar-refractivity contribution in [2.45, 2.75) is 31.1 Å². The Bertz CT molecular complexity index is 1420. The highest BCUT2D eigenvalue weighted by Gasteiger charge is 2.41. The number of nitrogens with zero attached hydrogens (tertiary/aromatic N) is 3. The van der Waals surface area contributed by atoms with Crippen LogP contribution < -0.4 is 5.73 Å². The van der Waals surface area contributed by atoms with Crippen molar-refractivity contribution in [1.29, 1.82) is 0 Å². The maximum absolute atomic E-state index is 13.5. The molecule has 194 valence electrons. The summed E-state index contributed by atoms with van der Waals surface area (Å²) in [5, 5.41) is 4.57. The maximum atomic E-state index is 13.5. The van der Waals surface area contributed by atoms with E-state index < -0.39 is 23.2 Å². The number of amides is 2. The van der Waals surface area contributed by atoms with Crippen LogP contribution in [0.1, 0.15) is 29.5 Å². The Morgan fingerprint density at radius 1 is 1.16 bits per heavy atom. The van der Waals surface area contributed by atoms with Gasteiger partial charge in [-0.1, -0.05) is 23.7 Å². The first kappa shape index (κ1) is 25.8. The lowest BCUT2D eigenvalue weighted by molar-refractivity contribution is -0.138. The van der Waals surface area contributed by atoms with Crippen molar-refractivity contribution in [2.75, 3.05) is 19.8 Å².